The van der Waals surface area contributed by atoms with Crippen LogP contribution in [0.15, 0.2) is 54.4 Å². The zero-order chi connectivity index (χ0) is 28.6. The van der Waals surface area contributed by atoms with Gasteiger partial charge in [0.15, 0.2) is 0 Å². The van der Waals surface area contributed by atoms with Crippen molar-refractivity contribution in [2.75, 3.05) is 0 Å². The van der Waals surface area contributed by atoms with Crippen molar-refractivity contribution in [1.82, 2.24) is 4.98 Å². The van der Waals surface area contributed by atoms with E-state index in [1.165, 1.54) is 41.2 Å². The molecule has 1 fully saturated rings. The Labute approximate surface area is 257 Å². The van der Waals surface area contributed by atoms with Gasteiger partial charge in [0, 0.05) is 38.3 Å². The normalized spacial score (nSPS) is 14.4. The fraction of sp³-hybridized carbons (Fsp3) is 0.486. The first-order valence-corrected chi connectivity index (χ1v) is 17.6. The molecule has 0 unspecified atom stereocenters. The van der Waals surface area contributed by atoms with Gasteiger partial charge in [0.25, 0.3) is 0 Å². The number of aliphatic hydroxyl groups excluding tert-OH is 1. The van der Waals surface area contributed by atoms with Crippen LogP contribution in [0.1, 0.15) is 89.3 Å². The smallest absolute Gasteiger partial charge is 0.137 e. The minimum atomic E-state index is -1.82. The van der Waals surface area contributed by atoms with Crippen LogP contribution in [0.4, 0.5) is 0 Å². The van der Waals surface area contributed by atoms with Crippen LogP contribution in [0, 0.1) is 25.8 Å². The molecule has 1 saturated carbocycles. The average Bonchev–Trinajstić information content (AvgIpc) is 2.94. The summed E-state index contributed by atoms with van der Waals surface area (Å²) in [5.41, 5.74) is 5.87. The van der Waals surface area contributed by atoms with Crippen molar-refractivity contribution >= 4 is 24.3 Å². The Morgan fingerprint density at radius 3 is 2.25 bits per heavy atom. The SMILES string of the molecule is CC[Si](CC)(CC)C(=O)/C=C(\O)C1CCCCC1.Cc1[c-]c(-c2nccc3cc(C(C)C)ccc23)cc(C)c1.[Ir]. The van der Waals surface area contributed by atoms with Crippen LogP contribution < -0.4 is 0 Å². The van der Waals surface area contributed by atoms with Crippen molar-refractivity contribution in [1.29, 1.82) is 0 Å². The molecule has 3 nitrogen and oxygen atoms in total. The zero-order valence-electron chi connectivity index (χ0n) is 25.6. The molecule has 2 aromatic carbocycles. The third kappa shape index (κ3) is 8.47. The van der Waals surface area contributed by atoms with Gasteiger partial charge in [0.05, 0.1) is 5.76 Å². The molecule has 0 saturated heterocycles. The topological polar surface area (TPSA) is 50.2 Å². The summed E-state index contributed by atoms with van der Waals surface area (Å²) in [5.74, 6) is 1.16. The van der Waals surface area contributed by atoms with E-state index in [-0.39, 0.29) is 31.4 Å². The van der Waals surface area contributed by atoms with Crippen LogP contribution in [0.5, 0.6) is 0 Å². The van der Waals surface area contributed by atoms with Gasteiger partial charge >= 0.3 is 0 Å². The fourth-order valence-corrected chi connectivity index (χ4v) is 8.87. The summed E-state index contributed by atoms with van der Waals surface area (Å²) in [7, 11) is -1.82. The number of hydrogen-bond acceptors (Lipinski definition) is 3. The van der Waals surface area contributed by atoms with Gasteiger partial charge in [-0.25, -0.2) is 0 Å². The van der Waals surface area contributed by atoms with E-state index in [1.807, 2.05) is 6.20 Å². The van der Waals surface area contributed by atoms with Crippen molar-refractivity contribution in [3.63, 3.8) is 0 Å². The molecule has 3 aromatic rings. The Morgan fingerprint density at radius 2 is 1.68 bits per heavy atom. The fourth-order valence-electron chi connectivity index (χ4n) is 5.87. The standard InChI is InChI=1S/C20H20N.C15H28O2Si.Ir/c1-13(2)16-5-6-19-17(12-16)7-8-21-20(19)18-10-14(3)9-15(4)11-18;1-4-18(5-2,6-3)15(17)12-14(16)13-10-8-7-9-11-13;/h5-10,12-13H,1-4H3;12-13,16H,4-11H2,1-3H3;/q-1;;/b;14-12-;. The van der Waals surface area contributed by atoms with Gasteiger partial charge in [-0.3, -0.25) is 0 Å². The Kier molecular flexibility index (Phi) is 13.5. The molecule has 0 atom stereocenters. The molecular formula is C35H48IrNO2Si-. The molecule has 1 radical (unpaired) electrons. The molecule has 0 spiro atoms. The Bertz CT molecular complexity index is 1260. The number of nitrogens with zero attached hydrogens (tertiary/aromatic N) is 1. The number of aliphatic hydroxyl groups is 1. The maximum Gasteiger partial charge on any atom is 0.137 e. The van der Waals surface area contributed by atoms with Gasteiger partial charge in [0.1, 0.15) is 13.5 Å². The predicted molar refractivity (Wildman–Crippen MR) is 169 cm³/mol. The van der Waals surface area contributed by atoms with Gasteiger partial charge in [-0.2, -0.15) is 0 Å². The summed E-state index contributed by atoms with van der Waals surface area (Å²) >= 11 is 0. The van der Waals surface area contributed by atoms with Crippen LogP contribution in [0.2, 0.25) is 18.1 Å². The first-order chi connectivity index (χ1) is 18.6. The van der Waals surface area contributed by atoms with Crippen molar-refractivity contribution < 1.29 is 30.0 Å². The molecule has 4 rings (SSSR count). The van der Waals surface area contributed by atoms with E-state index in [1.54, 1.807) is 6.08 Å². The van der Waals surface area contributed by atoms with E-state index >= 15 is 0 Å². The molecule has 1 heterocycles. The number of rotatable bonds is 8. The summed E-state index contributed by atoms with van der Waals surface area (Å²) in [6, 6.07) is 19.5. The summed E-state index contributed by atoms with van der Waals surface area (Å²) < 4.78 is 0. The average molecular weight is 735 g/mol. The van der Waals surface area contributed by atoms with E-state index in [9.17, 15) is 9.90 Å². The van der Waals surface area contributed by atoms with Crippen molar-refractivity contribution in [3.8, 4) is 11.3 Å². The molecule has 1 aromatic heterocycles. The minimum Gasteiger partial charge on any atom is -0.512 e. The second-order valence-corrected chi connectivity index (χ2v) is 16.8. The van der Waals surface area contributed by atoms with Gasteiger partial charge in [-0.1, -0.05) is 104 Å². The van der Waals surface area contributed by atoms with E-state index in [4.69, 9.17) is 0 Å². The predicted octanol–water partition coefficient (Wildman–Crippen LogP) is 10.1. The number of allylic oxidation sites excluding steroid dienone is 2. The third-order valence-electron chi connectivity index (χ3n) is 8.71. The molecule has 0 bridgehead atoms. The maximum atomic E-state index is 12.4. The number of pyridine rings is 1. The summed E-state index contributed by atoms with van der Waals surface area (Å²) in [4.78, 5) is 17.0. The van der Waals surface area contributed by atoms with Gasteiger partial charge in [-0.05, 0) is 46.9 Å². The van der Waals surface area contributed by atoms with E-state index in [0.717, 1.165) is 47.8 Å². The van der Waals surface area contributed by atoms with E-state index in [0.29, 0.717) is 11.7 Å². The molecule has 40 heavy (non-hydrogen) atoms. The number of hydrogen-bond donors (Lipinski definition) is 1. The number of aromatic nitrogens is 1. The van der Waals surface area contributed by atoms with Gasteiger partial charge < -0.3 is 14.9 Å². The quantitative estimate of drug-likeness (QED) is 0.109. The van der Waals surface area contributed by atoms with Crippen LogP contribution in [0.3, 0.4) is 0 Å². The first-order valence-electron chi connectivity index (χ1n) is 15.0. The molecule has 1 aliphatic rings. The van der Waals surface area contributed by atoms with Gasteiger partial charge in [-0.15, -0.1) is 34.9 Å². The second kappa shape index (κ2) is 15.8. The number of carbonyl (C=O) groups is 1. The molecule has 1 N–H and O–H groups in total. The van der Waals surface area contributed by atoms with Crippen molar-refractivity contribution in [2.24, 2.45) is 5.92 Å². The van der Waals surface area contributed by atoms with Gasteiger partial charge in [0.2, 0.25) is 0 Å². The first kappa shape index (κ1) is 34.1. The summed E-state index contributed by atoms with van der Waals surface area (Å²) in [5, 5.41) is 12.9. The van der Waals surface area contributed by atoms with E-state index < -0.39 is 8.07 Å². The number of carbonyl (C=O) groups excluding carboxylic acids is 1. The largest absolute Gasteiger partial charge is 0.512 e. The third-order valence-corrected chi connectivity index (χ3v) is 14.0. The Morgan fingerprint density at radius 1 is 1.02 bits per heavy atom. The molecule has 0 aliphatic heterocycles. The molecule has 219 valence electrons. The van der Waals surface area contributed by atoms with Crippen LogP contribution in [-0.2, 0) is 24.9 Å². The van der Waals surface area contributed by atoms with Crippen LogP contribution in [0.25, 0.3) is 22.0 Å². The maximum absolute atomic E-state index is 12.4. The van der Waals surface area contributed by atoms with Crippen molar-refractivity contribution in [2.45, 2.75) is 105 Å². The number of benzene rings is 2. The second-order valence-electron chi connectivity index (χ2n) is 11.7. The van der Waals surface area contributed by atoms with Crippen LogP contribution in [-0.4, -0.2) is 23.6 Å². The van der Waals surface area contributed by atoms with E-state index in [2.05, 4.69) is 95.9 Å². The van der Waals surface area contributed by atoms with Crippen molar-refractivity contribution in [3.05, 3.63) is 77.2 Å². The molecule has 5 heteroatoms. The molecule has 1 aliphatic carbocycles. The Balaban J connectivity index is 0.000000277. The number of fused-ring (bicyclic) bond motifs is 1. The monoisotopic (exact) mass is 735 g/mol. The minimum absolute atomic E-state index is 0. The number of aryl methyl sites for hydroxylation is 2. The summed E-state index contributed by atoms with van der Waals surface area (Å²) in [6.07, 6.45) is 9.24. The zero-order valence-corrected chi connectivity index (χ0v) is 29.0. The van der Waals surface area contributed by atoms with Crippen LogP contribution >= 0.6 is 0 Å². The Hall–Kier alpha value is -2.07. The molecular weight excluding hydrogens is 687 g/mol. The molecule has 0 amide bonds. The summed E-state index contributed by atoms with van der Waals surface area (Å²) in [6.45, 7) is 15.0.